The van der Waals surface area contributed by atoms with Crippen molar-refractivity contribution in [1.82, 2.24) is 0 Å². The van der Waals surface area contributed by atoms with Gasteiger partial charge in [0.05, 0.1) is 22.3 Å². The number of nitrogens with one attached hydrogen (secondary N) is 2. The Balaban J connectivity index is 1.64. The number of rotatable bonds is 3. The molecule has 6 nitrogen and oxygen atoms in total. The van der Waals surface area contributed by atoms with Crippen molar-refractivity contribution in [1.29, 1.82) is 0 Å². The minimum atomic E-state index is -0.468. The average molecular weight is 425 g/mol. The Kier molecular flexibility index (Phi) is 4.98. The summed E-state index contributed by atoms with van der Waals surface area (Å²) in [4.78, 5) is 24.7. The zero-order valence-corrected chi connectivity index (χ0v) is 17.7. The fraction of sp³-hybridized carbons (Fsp3) is 0.192. The Bertz CT molecular complexity index is 1250. The molecule has 3 aromatic carbocycles. The maximum absolute atomic E-state index is 13.5. The zero-order chi connectivity index (χ0) is 22.2. The van der Waals surface area contributed by atoms with Gasteiger partial charge in [-0.1, -0.05) is 54.6 Å². The highest BCUT2D eigenvalue weighted by Gasteiger charge is 2.36. The first-order chi connectivity index (χ1) is 15.5. The van der Waals surface area contributed by atoms with E-state index in [9.17, 15) is 14.9 Å². The molecule has 160 valence electrons. The van der Waals surface area contributed by atoms with Gasteiger partial charge in [-0.15, -0.1) is 0 Å². The number of fused-ring (bicyclic) bond motifs is 1. The molecule has 0 amide bonds. The molecule has 2 aliphatic rings. The van der Waals surface area contributed by atoms with Crippen LogP contribution in [0.2, 0.25) is 0 Å². The highest BCUT2D eigenvalue weighted by molar-refractivity contribution is 6.01. The van der Waals surface area contributed by atoms with Gasteiger partial charge >= 0.3 is 0 Å². The summed E-state index contributed by atoms with van der Waals surface area (Å²) in [7, 11) is 0. The number of hydrogen-bond donors (Lipinski definition) is 2. The van der Waals surface area contributed by atoms with Gasteiger partial charge in [-0.3, -0.25) is 14.9 Å². The van der Waals surface area contributed by atoms with E-state index in [1.165, 1.54) is 0 Å². The fourth-order valence-corrected chi connectivity index (χ4v) is 4.71. The molecule has 0 radical (unpaired) electrons. The summed E-state index contributed by atoms with van der Waals surface area (Å²) in [5.74, 6) is 0.148. The second-order valence-corrected chi connectivity index (χ2v) is 8.38. The molecular formula is C26H23N3O3. The van der Waals surface area contributed by atoms with Crippen molar-refractivity contribution >= 4 is 22.8 Å². The van der Waals surface area contributed by atoms with Gasteiger partial charge in [0.1, 0.15) is 0 Å². The molecule has 32 heavy (non-hydrogen) atoms. The van der Waals surface area contributed by atoms with Crippen molar-refractivity contribution in [3.63, 3.8) is 0 Å². The van der Waals surface area contributed by atoms with Crippen LogP contribution in [0, 0.1) is 17.0 Å². The molecule has 1 aliphatic carbocycles. The van der Waals surface area contributed by atoms with Crippen LogP contribution >= 0.6 is 0 Å². The van der Waals surface area contributed by atoms with E-state index < -0.39 is 6.04 Å². The summed E-state index contributed by atoms with van der Waals surface area (Å²) < 4.78 is 0. The van der Waals surface area contributed by atoms with Crippen LogP contribution < -0.4 is 10.6 Å². The van der Waals surface area contributed by atoms with Crippen molar-refractivity contribution < 1.29 is 9.72 Å². The van der Waals surface area contributed by atoms with Crippen molar-refractivity contribution in [2.24, 2.45) is 0 Å². The van der Waals surface area contributed by atoms with Gasteiger partial charge in [-0.25, -0.2) is 0 Å². The number of nitro groups is 1. The molecule has 1 aliphatic heterocycles. The van der Waals surface area contributed by atoms with E-state index in [-0.39, 0.29) is 22.3 Å². The molecule has 6 heteroatoms. The quantitative estimate of drug-likeness (QED) is 0.404. The SMILES string of the molecule is Cc1ccc([C@@H]2Nc3ccccc3NC3=C2C(=O)C[C@@H](c2ccccc2)C3)cc1[N+](=O)[O-]. The van der Waals surface area contributed by atoms with E-state index >= 15 is 0 Å². The predicted molar refractivity (Wildman–Crippen MR) is 125 cm³/mol. The summed E-state index contributed by atoms with van der Waals surface area (Å²) in [6, 6.07) is 22.6. The van der Waals surface area contributed by atoms with Crippen LogP contribution in [0.25, 0.3) is 0 Å². The lowest BCUT2D eigenvalue weighted by atomic mass is 9.78. The first kappa shape index (κ1) is 20.0. The van der Waals surface area contributed by atoms with Crippen molar-refractivity contribution in [3.05, 3.63) is 111 Å². The van der Waals surface area contributed by atoms with Gasteiger partial charge < -0.3 is 10.6 Å². The van der Waals surface area contributed by atoms with Crippen molar-refractivity contribution in [2.45, 2.75) is 31.7 Å². The highest BCUT2D eigenvalue weighted by Crippen LogP contribution is 2.44. The minimum Gasteiger partial charge on any atom is -0.372 e. The third-order valence-corrected chi connectivity index (χ3v) is 6.34. The number of carbonyl (C=O) groups excluding carboxylic acids is 1. The van der Waals surface area contributed by atoms with E-state index in [1.807, 2.05) is 48.5 Å². The van der Waals surface area contributed by atoms with Crippen LogP contribution in [0.5, 0.6) is 0 Å². The number of ketones is 1. The Morgan fingerprint density at radius 1 is 0.906 bits per heavy atom. The molecule has 0 aromatic heterocycles. The van der Waals surface area contributed by atoms with Gasteiger partial charge in [0, 0.05) is 29.3 Å². The Labute approximate surface area is 186 Å². The number of carbonyl (C=O) groups is 1. The van der Waals surface area contributed by atoms with Gasteiger partial charge in [-0.05, 0) is 42.5 Å². The summed E-state index contributed by atoms with van der Waals surface area (Å²) in [5.41, 5.74) is 5.79. The topological polar surface area (TPSA) is 84.3 Å². The second-order valence-electron chi connectivity index (χ2n) is 8.38. The molecule has 3 aromatic rings. The van der Waals surface area contributed by atoms with Crippen molar-refractivity contribution in [3.8, 4) is 0 Å². The van der Waals surface area contributed by atoms with Gasteiger partial charge in [0.2, 0.25) is 0 Å². The number of para-hydroxylation sites is 2. The average Bonchev–Trinajstić information content (AvgIpc) is 2.96. The fourth-order valence-electron chi connectivity index (χ4n) is 4.71. The highest BCUT2D eigenvalue weighted by atomic mass is 16.6. The number of hydrogen-bond acceptors (Lipinski definition) is 5. The standard InChI is InChI=1S/C26H23N3O3/c1-16-11-12-18(14-23(16)29(31)32)26-25-22(27-20-9-5-6-10-21(20)28-26)13-19(15-24(25)30)17-7-3-2-4-8-17/h2-12,14,19,26-28H,13,15H2,1H3/t19-,26-/m0/s1. The van der Waals surface area contributed by atoms with Gasteiger partial charge in [-0.2, -0.15) is 0 Å². The van der Waals surface area contributed by atoms with E-state index in [0.29, 0.717) is 29.5 Å². The molecule has 0 saturated carbocycles. The number of nitro benzene ring substituents is 1. The number of Topliss-reactive ketones (excluding diaryl/α,β-unsaturated/α-hetero) is 1. The summed E-state index contributed by atoms with van der Waals surface area (Å²) in [6.07, 6.45) is 1.11. The largest absolute Gasteiger partial charge is 0.372 e. The number of anilines is 2. The summed E-state index contributed by atoms with van der Waals surface area (Å²) >= 11 is 0. The van der Waals surface area contributed by atoms with Crippen LogP contribution in [0.1, 0.15) is 41.5 Å². The number of nitrogens with zero attached hydrogens (tertiary/aromatic N) is 1. The number of allylic oxidation sites excluding steroid dienone is 1. The molecule has 2 atom stereocenters. The van der Waals surface area contributed by atoms with Crippen LogP contribution in [-0.2, 0) is 4.79 Å². The molecule has 1 heterocycles. The number of aryl methyl sites for hydroxylation is 1. The van der Waals surface area contributed by atoms with E-state index in [1.54, 1.807) is 19.1 Å². The molecule has 0 unspecified atom stereocenters. The zero-order valence-electron chi connectivity index (χ0n) is 17.7. The first-order valence-corrected chi connectivity index (χ1v) is 10.7. The van der Waals surface area contributed by atoms with Crippen LogP contribution in [0.4, 0.5) is 17.1 Å². The monoisotopic (exact) mass is 425 g/mol. The van der Waals surface area contributed by atoms with Gasteiger partial charge in [0.15, 0.2) is 5.78 Å². The van der Waals surface area contributed by atoms with Crippen LogP contribution in [-0.4, -0.2) is 10.7 Å². The van der Waals surface area contributed by atoms with E-state index in [2.05, 4.69) is 22.8 Å². The second kappa shape index (κ2) is 7.96. The smallest absolute Gasteiger partial charge is 0.272 e. The Morgan fingerprint density at radius 3 is 2.38 bits per heavy atom. The molecule has 0 saturated heterocycles. The summed E-state index contributed by atoms with van der Waals surface area (Å²) in [6.45, 7) is 1.72. The Morgan fingerprint density at radius 2 is 1.62 bits per heavy atom. The lowest BCUT2D eigenvalue weighted by Crippen LogP contribution is -2.27. The molecule has 0 fully saturated rings. The molecule has 0 bridgehead atoms. The number of benzene rings is 3. The lowest BCUT2D eigenvalue weighted by Gasteiger charge is -2.30. The van der Waals surface area contributed by atoms with E-state index in [0.717, 1.165) is 22.6 Å². The van der Waals surface area contributed by atoms with Crippen molar-refractivity contribution in [2.75, 3.05) is 10.6 Å². The van der Waals surface area contributed by atoms with E-state index in [4.69, 9.17) is 0 Å². The third-order valence-electron chi connectivity index (χ3n) is 6.34. The maximum Gasteiger partial charge on any atom is 0.272 e. The third kappa shape index (κ3) is 3.54. The first-order valence-electron chi connectivity index (χ1n) is 10.7. The molecule has 5 rings (SSSR count). The molecule has 0 spiro atoms. The Hall–Kier alpha value is -3.93. The normalized spacial score (nSPS) is 19.8. The minimum absolute atomic E-state index is 0.0566. The van der Waals surface area contributed by atoms with Crippen LogP contribution in [0.3, 0.4) is 0 Å². The predicted octanol–water partition coefficient (Wildman–Crippen LogP) is 5.88. The van der Waals surface area contributed by atoms with Gasteiger partial charge in [0.25, 0.3) is 5.69 Å². The summed E-state index contributed by atoms with van der Waals surface area (Å²) in [5, 5.41) is 18.5. The van der Waals surface area contributed by atoms with Crippen LogP contribution in [0.15, 0.2) is 84.1 Å². The maximum atomic E-state index is 13.5. The molecular weight excluding hydrogens is 402 g/mol. The molecule has 2 N–H and O–H groups in total. The lowest BCUT2D eigenvalue weighted by molar-refractivity contribution is -0.385.